The molecule has 1 aliphatic heterocycles. The maximum Gasteiger partial charge on any atom is 0.238 e. The normalized spacial score (nSPS) is 14.8. The molecule has 0 spiro atoms. The summed E-state index contributed by atoms with van der Waals surface area (Å²) in [7, 11) is 0. The van der Waals surface area contributed by atoms with Crippen molar-refractivity contribution in [3.63, 3.8) is 0 Å². The lowest BCUT2D eigenvalue weighted by Gasteiger charge is -2.36. The average Bonchev–Trinajstić information content (AvgIpc) is 2.64. The largest absolute Gasteiger partial charge is 0.368 e. The minimum Gasteiger partial charge on any atom is -0.368 e. The highest BCUT2D eigenvalue weighted by atomic mass is 35.5. The molecule has 0 bridgehead atoms. The molecule has 0 atom stereocenters. The average molecular weight is 355 g/mol. The van der Waals surface area contributed by atoms with Crippen molar-refractivity contribution in [2.75, 3.05) is 42.9 Å². The number of benzene rings is 2. The number of nitrogens with zero attached hydrogens (tertiary/aromatic N) is 3. The van der Waals surface area contributed by atoms with E-state index in [9.17, 15) is 10.1 Å². The van der Waals surface area contributed by atoms with Crippen LogP contribution in [0.15, 0.2) is 48.5 Å². The Bertz CT molecular complexity index is 794. The number of nitriles is 1. The van der Waals surface area contributed by atoms with Crippen molar-refractivity contribution in [3.8, 4) is 6.07 Å². The van der Waals surface area contributed by atoms with Crippen molar-refractivity contribution in [1.82, 2.24) is 4.90 Å². The summed E-state index contributed by atoms with van der Waals surface area (Å²) in [5.41, 5.74) is 2.29. The first-order valence-corrected chi connectivity index (χ1v) is 8.56. The molecule has 1 aliphatic rings. The molecule has 5 nitrogen and oxygen atoms in total. The molecule has 1 fully saturated rings. The van der Waals surface area contributed by atoms with Gasteiger partial charge in [0.2, 0.25) is 5.91 Å². The number of amides is 1. The van der Waals surface area contributed by atoms with E-state index in [2.05, 4.69) is 21.2 Å². The van der Waals surface area contributed by atoms with E-state index < -0.39 is 0 Å². The van der Waals surface area contributed by atoms with Crippen LogP contribution < -0.4 is 10.2 Å². The van der Waals surface area contributed by atoms with Crippen LogP contribution in [0, 0.1) is 11.3 Å². The van der Waals surface area contributed by atoms with Crippen LogP contribution in [0.1, 0.15) is 5.56 Å². The number of hydrogen-bond acceptors (Lipinski definition) is 4. The summed E-state index contributed by atoms with van der Waals surface area (Å²) in [5.74, 6) is -0.0704. The first-order chi connectivity index (χ1) is 12.2. The molecule has 2 aromatic carbocycles. The minimum atomic E-state index is -0.0704. The van der Waals surface area contributed by atoms with Gasteiger partial charge in [0, 0.05) is 26.2 Å². The summed E-state index contributed by atoms with van der Waals surface area (Å²) < 4.78 is 0. The van der Waals surface area contributed by atoms with E-state index in [1.165, 1.54) is 0 Å². The third-order valence-electron chi connectivity index (χ3n) is 4.25. The zero-order valence-electron chi connectivity index (χ0n) is 13.8. The van der Waals surface area contributed by atoms with Gasteiger partial charge in [0.1, 0.15) is 6.07 Å². The van der Waals surface area contributed by atoms with E-state index in [1.54, 1.807) is 12.1 Å². The third-order valence-corrected chi connectivity index (χ3v) is 4.58. The second kappa shape index (κ2) is 8.02. The van der Waals surface area contributed by atoms with Gasteiger partial charge in [0.05, 0.1) is 28.5 Å². The standard InChI is InChI=1S/C19H19ClN4O/c20-16-6-2-3-7-17(16)22-19(25)14-23-9-11-24(12-10-23)18-8-4-1-5-15(18)13-21/h1-8H,9-12,14H2,(H,22,25). The lowest BCUT2D eigenvalue weighted by atomic mass is 10.1. The van der Waals surface area contributed by atoms with Gasteiger partial charge in [-0.3, -0.25) is 9.69 Å². The molecule has 1 amide bonds. The topological polar surface area (TPSA) is 59.4 Å². The van der Waals surface area contributed by atoms with Crippen LogP contribution in [-0.2, 0) is 4.79 Å². The Morgan fingerprint density at radius 2 is 1.76 bits per heavy atom. The highest BCUT2D eigenvalue weighted by molar-refractivity contribution is 6.33. The van der Waals surface area contributed by atoms with Gasteiger partial charge < -0.3 is 10.2 Å². The molecule has 1 heterocycles. The number of halogens is 1. The maximum absolute atomic E-state index is 12.2. The Morgan fingerprint density at radius 1 is 1.08 bits per heavy atom. The SMILES string of the molecule is N#Cc1ccccc1N1CCN(CC(=O)Nc2ccccc2Cl)CC1. The quantitative estimate of drug-likeness (QED) is 0.917. The summed E-state index contributed by atoms with van der Waals surface area (Å²) >= 11 is 6.07. The molecular formula is C19H19ClN4O. The number of carbonyl (C=O) groups is 1. The molecule has 128 valence electrons. The van der Waals surface area contributed by atoms with Crippen molar-refractivity contribution < 1.29 is 4.79 Å². The Morgan fingerprint density at radius 3 is 2.48 bits per heavy atom. The first kappa shape index (κ1) is 17.3. The van der Waals surface area contributed by atoms with Crippen molar-refractivity contribution >= 4 is 28.9 Å². The highest BCUT2D eigenvalue weighted by Gasteiger charge is 2.20. The first-order valence-electron chi connectivity index (χ1n) is 8.18. The Labute approximate surface area is 152 Å². The van der Waals surface area contributed by atoms with E-state index >= 15 is 0 Å². The van der Waals surface area contributed by atoms with Crippen molar-refractivity contribution in [3.05, 3.63) is 59.1 Å². The van der Waals surface area contributed by atoms with Gasteiger partial charge >= 0.3 is 0 Å². The molecule has 1 saturated heterocycles. The van der Waals surface area contributed by atoms with Crippen LogP contribution >= 0.6 is 11.6 Å². The summed E-state index contributed by atoms with van der Waals surface area (Å²) in [4.78, 5) is 16.5. The minimum absolute atomic E-state index is 0.0704. The van der Waals surface area contributed by atoms with Crippen LogP contribution in [0.25, 0.3) is 0 Å². The second-order valence-corrected chi connectivity index (χ2v) is 6.33. The Balaban J connectivity index is 1.53. The fraction of sp³-hybridized carbons (Fsp3) is 0.263. The maximum atomic E-state index is 12.2. The van der Waals surface area contributed by atoms with E-state index in [-0.39, 0.29) is 5.91 Å². The summed E-state index contributed by atoms with van der Waals surface area (Å²) in [6.45, 7) is 3.46. The molecule has 0 radical (unpaired) electrons. The molecule has 1 N–H and O–H groups in total. The summed E-state index contributed by atoms with van der Waals surface area (Å²) in [5, 5.41) is 12.6. The van der Waals surface area contributed by atoms with Crippen LogP contribution in [0.5, 0.6) is 0 Å². The number of carbonyl (C=O) groups excluding carboxylic acids is 1. The number of para-hydroxylation sites is 2. The molecule has 0 unspecified atom stereocenters. The zero-order chi connectivity index (χ0) is 17.6. The predicted octanol–water partition coefficient (Wildman–Crippen LogP) is 2.97. The van der Waals surface area contributed by atoms with Gasteiger partial charge in [-0.1, -0.05) is 35.9 Å². The third kappa shape index (κ3) is 4.30. The Hall–Kier alpha value is -2.55. The molecule has 6 heteroatoms. The molecule has 0 aromatic heterocycles. The van der Waals surface area contributed by atoms with Gasteiger partial charge in [0.25, 0.3) is 0 Å². The van der Waals surface area contributed by atoms with E-state index in [4.69, 9.17) is 11.6 Å². The van der Waals surface area contributed by atoms with E-state index in [0.717, 1.165) is 31.9 Å². The zero-order valence-corrected chi connectivity index (χ0v) is 14.5. The summed E-state index contributed by atoms with van der Waals surface area (Å²) in [6.07, 6.45) is 0. The van der Waals surface area contributed by atoms with Gasteiger partial charge in [-0.15, -0.1) is 0 Å². The number of anilines is 2. The van der Waals surface area contributed by atoms with Gasteiger partial charge in [-0.05, 0) is 24.3 Å². The predicted molar refractivity (Wildman–Crippen MR) is 99.9 cm³/mol. The second-order valence-electron chi connectivity index (χ2n) is 5.92. The van der Waals surface area contributed by atoms with Crippen molar-refractivity contribution in [2.24, 2.45) is 0 Å². The molecule has 0 aliphatic carbocycles. The molecular weight excluding hydrogens is 336 g/mol. The van der Waals surface area contributed by atoms with E-state index in [1.807, 2.05) is 36.4 Å². The number of piperazine rings is 1. The highest BCUT2D eigenvalue weighted by Crippen LogP contribution is 2.22. The Kier molecular flexibility index (Phi) is 5.54. The van der Waals surface area contributed by atoms with Gasteiger partial charge in [-0.2, -0.15) is 5.26 Å². The molecule has 25 heavy (non-hydrogen) atoms. The molecule has 0 saturated carbocycles. The smallest absolute Gasteiger partial charge is 0.238 e. The summed E-state index contributed by atoms with van der Waals surface area (Å²) in [6, 6.07) is 17.1. The van der Waals surface area contributed by atoms with Crippen molar-refractivity contribution in [2.45, 2.75) is 0 Å². The fourth-order valence-electron chi connectivity index (χ4n) is 2.95. The van der Waals surface area contributed by atoms with Crippen LogP contribution in [0.2, 0.25) is 5.02 Å². The number of nitrogens with one attached hydrogen (secondary N) is 1. The molecule has 2 aromatic rings. The molecule has 3 rings (SSSR count). The fourth-order valence-corrected chi connectivity index (χ4v) is 3.13. The van der Waals surface area contributed by atoms with Crippen LogP contribution in [0.3, 0.4) is 0 Å². The lowest BCUT2D eigenvalue weighted by molar-refractivity contribution is -0.117. The van der Waals surface area contributed by atoms with Crippen molar-refractivity contribution in [1.29, 1.82) is 5.26 Å². The monoisotopic (exact) mass is 354 g/mol. The number of rotatable bonds is 4. The van der Waals surface area contributed by atoms with E-state index in [0.29, 0.717) is 22.8 Å². The van der Waals surface area contributed by atoms with Crippen LogP contribution in [0.4, 0.5) is 11.4 Å². The van der Waals surface area contributed by atoms with Crippen LogP contribution in [-0.4, -0.2) is 43.5 Å². The lowest BCUT2D eigenvalue weighted by Crippen LogP contribution is -2.48. The number of hydrogen-bond donors (Lipinski definition) is 1. The van der Waals surface area contributed by atoms with Gasteiger partial charge in [-0.25, -0.2) is 0 Å². The van der Waals surface area contributed by atoms with Gasteiger partial charge in [0.15, 0.2) is 0 Å².